The van der Waals surface area contributed by atoms with Gasteiger partial charge < -0.3 is 10.1 Å². The Bertz CT molecular complexity index is 283. The number of ether oxygens (including phenoxy) is 1. The standard InChI is InChI=1S/C11H18F3NO2/c1-10(2,3)17-9(16)7-5-4-6-15-8(7)11(12,13)14/h7-8,15H,4-6H2,1-3H3/t7-,8+/m1/s1. The maximum Gasteiger partial charge on any atom is 0.404 e. The number of carbonyl (C=O) groups excluding carboxylic acids is 1. The molecule has 0 amide bonds. The molecule has 1 N–H and O–H groups in total. The predicted molar refractivity (Wildman–Crippen MR) is 56.4 cm³/mol. The molecule has 3 nitrogen and oxygen atoms in total. The van der Waals surface area contributed by atoms with E-state index in [9.17, 15) is 18.0 Å². The zero-order valence-corrected chi connectivity index (χ0v) is 10.2. The van der Waals surface area contributed by atoms with Gasteiger partial charge >= 0.3 is 12.1 Å². The van der Waals surface area contributed by atoms with Crippen LogP contribution in [0.15, 0.2) is 0 Å². The van der Waals surface area contributed by atoms with Crippen LogP contribution in [-0.4, -0.2) is 30.3 Å². The molecule has 1 rings (SSSR count). The second-order valence-electron chi connectivity index (χ2n) is 5.26. The van der Waals surface area contributed by atoms with Crippen LogP contribution in [0.1, 0.15) is 33.6 Å². The van der Waals surface area contributed by atoms with E-state index in [1.165, 1.54) is 0 Å². The van der Waals surface area contributed by atoms with Gasteiger partial charge in [0.05, 0.1) is 5.92 Å². The van der Waals surface area contributed by atoms with Gasteiger partial charge in [0, 0.05) is 0 Å². The summed E-state index contributed by atoms with van der Waals surface area (Å²) in [6, 6.07) is -1.79. The van der Waals surface area contributed by atoms with Crippen molar-refractivity contribution in [1.29, 1.82) is 0 Å². The Balaban J connectivity index is 2.75. The molecule has 0 radical (unpaired) electrons. The SMILES string of the molecule is CC(C)(C)OC(=O)[C@@H]1CCCN[C@@H]1C(F)(F)F. The minimum absolute atomic E-state index is 0.214. The number of carbonyl (C=O) groups is 1. The topological polar surface area (TPSA) is 38.3 Å². The Hall–Kier alpha value is -0.780. The minimum Gasteiger partial charge on any atom is -0.460 e. The highest BCUT2D eigenvalue weighted by Gasteiger charge is 2.49. The molecule has 1 aliphatic rings. The fourth-order valence-corrected chi connectivity index (χ4v) is 1.86. The molecule has 1 aliphatic heterocycles. The van der Waals surface area contributed by atoms with E-state index in [1.54, 1.807) is 20.8 Å². The molecule has 1 saturated heterocycles. The summed E-state index contributed by atoms with van der Waals surface area (Å²) < 4.78 is 43.2. The smallest absolute Gasteiger partial charge is 0.404 e. The van der Waals surface area contributed by atoms with E-state index in [4.69, 9.17) is 4.74 Å². The van der Waals surface area contributed by atoms with Crippen molar-refractivity contribution in [2.24, 2.45) is 5.92 Å². The number of piperidine rings is 1. The molecule has 0 saturated carbocycles. The number of rotatable bonds is 1. The third kappa shape index (κ3) is 4.18. The summed E-state index contributed by atoms with van der Waals surface area (Å²) in [7, 11) is 0. The number of esters is 1. The van der Waals surface area contributed by atoms with Crippen molar-refractivity contribution in [3.05, 3.63) is 0 Å². The Labute approximate surface area is 98.7 Å². The average Bonchev–Trinajstić information content (AvgIpc) is 2.13. The summed E-state index contributed by atoms with van der Waals surface area (Å²) in [5.41, 5.74) is -0.759. The monoisotopic (exact) mass is 253 g/mol. The predicted octanol–water partition coefficient (Wildman–Crippen LogP) is 2.26. The van der Waals surface area contributed by atoms with Crippen LogP contribution in [0.2, 0.25) is 0 Å². The Morgan fingerprint density at radius 2 is 1.88 bits per heavy atom. The third-order valence-corrected chi connectivity index (χ3v) is 2.52. The molecule has 0 aromatic heterocycles. The van der Waals surface area contributed by atoms with E-state index >= 15 is 0 Å². The van der Waals surface area contributed by atoms with Crippen LogP contribution < -0.4 is 5.32 Å². The molecule has 2 atom stereocenters. The van der Waals surface area contributed by atoms with Crippen molar-refractivity contribution in [3.63, 3.8) is 0 Å². The van der Waals surface area contributed by atoms with Crippen molar-refractivity contribution in [2.75, 3.05) is 6.54 Å². The van der Waals surface area contributed by atoms with Gasteiger partial charge in [0.1, 0.15) is 11.6 Å². The Kier molecular flexibility index (Phi) is 4.06. The summed E-state index contributed by atoms with van der Waals surface area (Å²) in [5, 5.41) is 2.35. The first-order valence-electron chi connectivity index (χ1n) is 5.64. The van der Waals surface area contributed by atoms with Crippen molar-refractivity contribution in [1.82, 2.24) is 5.32 Å². The molecule has 1 heterocycles. The lowest BCUT2D eigenvalue weighted by Crippen LogP contribution is -2.54. The van der Waals surface area contributed by atoms with Crippen molar-refractivity contribution >= 4 is 5.97 Å². The lowest BCUT2D eigenvalue weighted by Gasteiger charge is -2.34. The maximum absolute atomic E-state index is 12.7. The molecule has 0 unspecified atom stereocenters. The van der Waals surface area contributed by atoms with Gasteiger partial charge in [0.2, 0.25) is 0 Å². The largest absolute Gasteiger partial charge is 0.460 e. The van der Waals surface area contributed by atoms with Crippen LogP contribution in [0.25, 0.3) is 0 Å². The first-order valence-corrected chi connectivity index (χ1v) is 5.64. The van der Waals surface area contributed by atoms with Gasteiger partial charge in [-0.3, -0.25) is 4.79 Å². The first-order chi connectivity index (χ1) is 7.61. The average molecular weight is 253 g/mol. The normalized spacial score (nSPS) is 26.7. The van der Waals surface area contributed by atoms with Crippen molar-refractivity contribution < 1.29 is 22.7 Å². The Morgan fingerprint density at radius 3 is 2.35 bits per heavy atom. The van der Waals surface area contributed by atoms with E-state index in [-0.39, 0.29) is 13.0 Å². The minimum atomic E-state index is -4.41. The zero-order chi connectivity index (χ0) is 13.3. The van der Waals surface area contributed by atoms with Crippen LogP contribution in [-0.2, 0) is 9.53 Å². The third-order valence-electron chi connectivity index (χ3n) is 2.52. The number of hydrogen-bond donors (Lipinski definition) is 1. The number of alkyl halides is 3. The highest BCUT2D eigenvalue weighted by molar-refractivity contribution is 5.74. The van der Waals surface area contributed by atoms with Crippen molar-refractivity contribution in [2.45, 2.75) is 51.4 Å². The van der Waals surface area contributed by atoms with E-state index < -0.39 is 29.7 Å². The second-order valence-corrected chi connectivity index (χ2v) is 5.26. The van der Waals surface area contributed by atoms with Gasteiger partial charge in [0.15, 0.2) is 0 Å². The lowest BCUT2D eigenvalue weighted by molar-refractivity contribution is -0.191. The highest BCUT2D eigenvalue weighted by atomic mass is 19.4. The van der Waals surface area contributed by atoms with Gasteiger partial charge in [-0.25, -0.2) is 0 Å². The molecule has 0 spiro atoms. The fraction of sp³-hybridized carbons (Fsp3) is 0.909. The van der Waals surface area contributed by atoms with Gasteiger partial charge in [-0.15, -0.1) is 0 Å². The maximum atomic E-state index is 12.7. The van der Waals surface area contributed by atoms with Crippen LogP contribution in [0.3, 0.4) is 0 Å². The van der Waals surface area contributed by atoms with Crippen LogP contribution in [0.5, 0.6) is 0 Å². The van der Waals surface area contributed by atoms with E-state index in [2.05, 4.69) is 5.32 Å². The van der Waals surface area contributed by atoms with E-state index in [1.807, 2.05) is 0 Å². The molecule has 0 aromatic rings. The summed E-state index contributed by atoms with van der Waals surface area (Å²) in [5.74, 6) is -1.91. The number of halogens is 3. The molecule has 17 heavy (non-hydrogen) atoms. The molecular weight excluding hydrogens is 235 g/mol. The molecule has 100 valence electrons. The fourth-order valence-electron chi connectivity index (χ4n) is 1.86. The van der Waals surface area contributed by atoms with E-state index in [0.717, 1.165) is 0 Å². The Morgan fingerprint density at radius 1 is 1.29 bits per heavy atom. The summed E-state index contributed by atoms with van der Waals surface area (Å²) in [6.45, 7) is 5.21. The number of hydrogen-bond acceptors (Lipinski definition) is 3. The van der Waals surface area contributed by atoms with Crippen LogP contribution in [0.4, 0.5) is 13.2 Å². The zero-order valence-electron chi connectivity index (χ0n) is 10.2. The van der Waals surface area contributed by atoms with E-state index in [0.29, 0.717) is 6.42 Å². The summed E-state index contributed by atoms with van der Waals surface area (Å²) >= 11 is 0. The van der Waals surface area contributed by atoms with Gasteiger partial charge in [-0.2, -0.15) is 13.2 Å². The molecule has 0 aliphatic carbocycles. The van der Waals surface area contributed by atoms with Crippen LogP contribution >= 0.6 is 0 Å². The number of nitrogens with one attached hydrogen (secondary N) is 1. The molecule has 1 fully saturated rings. The molecule has 0 bridgehead atoms. The second kappa shape index (κ2) is 4.84. The quantitative estimate of drug-likeness (QED) is 0.728. The molecular formula is C11H18F3NO2. The lowest BCUT2D eigenvalue weighted by atomic mass is 9.90. The van der Waals surface area contributed by atoms with Gasteiger partial charge in [0.25, 0.3) is 0 Å². The van der Waals surface area contributed by atoms with Gasteiger partial charge in [-0.05, 0) is 40.2 Å². The summed E-state index contributed by atoms with van der Waals surface area (Å²) in [4.78, 5) is 11.7. The highest BCUT2D eigenvalue weighted by Crippen LogP contribution is 2.32. The van der Waals surface area contributed by atoms with Crippen LogP contribution in [0, 0.1) is 5.92 Å². The first kappa shape index (κ1) is 14.3. The molecule has 0 aromatic carbocycles. The summed E-state index contributed by atoms with van der Waals surface area (Å²) in [6.07, 6.45) is -3.65. The van der Waals surface area contributed by atoms with Gasteiger partial charge in [-0.1, -0.05) is 0 Å². The van der Waals surface area contributed by atoms with Crippen molar-refractivity contribution in [3.8, 4) is 0 Å². The molecule has 6 heteroatoms.